The zero-order chi connectivity index (χ0) is 13.7. The third-order valence-corrected chi connectivity index (χ3v) is 2.29. The maximum atomic E-state index is 11.7. The highest BCUT2D eigenvalue weighted by molar-refractivity contribution is 6.00. The largest absolute Gasteiger partial charge is 0.478 e. The van der Waals surface area contributed by atoms with Gasteiger partial charge < -0.3 is 15.7 Å². The Morgan fingerprint density at radius 1 is 1.05 bits per heavy atom. The number of hydrogen-bond acceptors (Lipinski definition) is 3. The van der Waals surface area contributed by atoms with Gasteiger partial charge in [0.25, 0.3) is 0 Å². The van der Waals surface area contributed by atoms with Gasteiger partial charge in [0.05, 0.1) is 17.4 Å². The molecule has 0 saturated heterocycles. The van der Waals surface area contributed by atoms with Gasteiger partial charge in [0.15, 0.2) is 0 Å². The number of benzene rings is 1. The van der Waals surface area contributed by atoms with Crippen molar-refractivity contribution >= 4 is 23.4 Å². The minimum atomic E-state index is -1.05. The lowest BCUT2D eigenvalue weighted by atomic mass is 10.2. The Morgan fingerprint density at radius 2 is 1.79 bits per heavy atom. The van der Waals surface area contributed by atoms with Crippen molar-refractivity contribution in [2.75, 3.05) is 10.6 Å². The van der Waals surface area contributed by atoms with E-state index in [2.05, 4.69) is 15.6 Å². The van der Waals surface area contributed by atoms with Gasteiger partial charge in [0.2, 0.25) is 0 Å². The molecule has 0 spiro atoms. The average molecular weight is 257 g/mol. The quantitative estimate of drug-likeness (QED) is 0.787. The zero-order valence-electron chi connectivity index (χ0n) is 9.83. The number of rotatable bonds is 3. The predicted molar refractivity (Wildman–Crippen MR) is 70.3 cm³/mol. The molecule has 96 valence electrons. The van der Waals surface area contributed by atoms with Crippen LogP contribution in [-0.2, 0) is 0 Å². The molecule has 0 aliphatic carbocycles. The molecular weight excluding hydrogens is 246 g/mol. The molecule has 1 aromatic carbocycles. The van der Waals surface area contributed by atoms with E-state index in [9.17, 15) is 9.59 Å². The van der Waals surface area contributed by atoms with E-state index in [-0.39, 0.29) is 5.56 Å². The fourth-order valence-corrected chi connectivity index (χ4v) is 1.46. The highest BCUT2D eigenvalue weighted by atomic mass is 16.4. The van der Waals surface area contributed by atoms with E-state index < -0.39 is 12.0 Å². The summed E-state index contributed by atoms with van der Waals surface area (Å²) < 4.78 is 0. The van der Waals surface area contributed by atoms with Crippen LogP contribution in [0.15, 0.2) is 48.8 Å². The lowest BCUT2D eigenvalue weighted by Crippen LogP contribution is -2.19. The van der Waals surface area contributed by atoms with Crippen LogP contribution in [0.1, 0.15) is 10.4 Å². The van der Waals surface area contributed by atoms with Gasteiger partial charge in [-0.25, -0.2) is 9.59 Å². The van der Waals surface area contributed by atoms with Gasteiger partial charge in [-0.1, -0.05) is 6.07 Å². The molecule has 0 unspecified atom stereocenters. The summed E-state index contributed by atoms with van der Waals surface area (Å²) >= 11 is 0. The first-order chi connectivity index (χ1) is 9.15. The smallest absolute Gasteiger partial charge is 0.335 e. The third-order valence-electron chi connectivity index (χ3n) is 2.29. The summed E-state index contributed by atoms with van der Waals surface area (Å²) in [5.41, 5.74) is 1.06. The standard InChI is InChI=1S/C13H11N3O3/c17-12(18)9-3-1-4-10(7-9)15-13(19)16-11-5-2-6-14-8-11/h1-8H,(H,17,18)(H2,15,16,19). The van der Waals surface area contributed by atoms with Gasteiger partial charge in [-0.05, 0) is 30.3 Å². The molecule has 0 aliphatic heterocycles. The van der Waals surface area contributed by atoms with Crippen molar-refractivity contribution in [1.82, 2.24) is 4.98 Å². The van der Waals surface area contributed by atoms with Crippen LogP contribution in [0.2, 0.25) is 0 Å². The van der Waals surface area contributed by atoms with Crippen LogP contribution in [0.3, 0.4) is 0 Å². The number of carbonyl (C=O) groups excluding carboxylic acids is 1. The molecule has 0 radical (unpaired) electrons. The lowest BCUT2D eigenvalue weighted by molar-refractivity contribution is 0.0697. The number of carboxylic acids is 1. The van der Waals surface area contributed by atoms with Crippen LogP contribution in [0.25, 0.3) is 0 Å². The van der Waals surface area contributed by atoms with Crippen LogP contribution in [0, 0.1) is 0 Å². The molecule has 0 saturated carbocycles. The first-order valence-corrected chi connectivity index (χ1v) is 5.46. The van der Waals surface area contributed by atoms with E-state index in [4.69, 9.17) is 5.11 Å². The second-order valence-corrected chi connectivity index (χ2v) is 3.71. The third kappa shape index (κ3) is 3.53. The molecule has 0 fully saturated rings. The maximum Gasteiger partial charge on any atom is 0.335 e. The first-order valence-electron chi connectivity index (χ1n) is 5.46. The maximum absolute atomic E-state index is 11.7. The molecule has 2 amide bonds. The Balaban J connectivity index is 2.03. The number of pyridine rings is 1. The number of anilines is 2. The SMILES string of the molecule is O=C(Nc1cccnc1)Nc1cccc(C(=O)O)c1. The summed E-state index contributed by atoms with van der Waals surface area (Å²) in [6.45, 7) is 0. The molecule has 6 nitrogen and oxygen atoms in total. The van der Waals surface area contributed by atoms with Crippen molar-refractivity contribution in [2.45, 2.75) is 0 Å². The second kappa shape index (κ2) is 5.63. The van der Waals surface area contributed by atoms with Gasteiger partial charge in [-0.15, -0.1) is 0 Å². The van der Waals surface area contributed by atoms with Crippen molar-refractivity contribution in [3.05, 3.63) is 54.4 Å². The molecule has 0 aliphatic rings. The summed E-state index contributed by atoms with van der Waals surface area (Å²) in [7, 11) is 0. The van der Waals surface area contributed by atoms with E-state index >= 15 is 0 Å². The van der Waals surface area contributed by atoms with Crippen LogP contribution < -0.4 is 10.6 Å². The molecule has 6 heteroatoms. The van der Waals surface area contributed by atoms with Gasteiger partial charge in [-0.2, -0.15) is 0 Å². The van der Waals surface area contributed by atoms with E-state index in [0.29, 0.717) is 11.4 Å². The Bertz CT molecular complexity index is 599. The minimum absolute atomic E-state index is 0.110. The number of carboxylic acid groups (broad SMARTS) is 1. The number of aromatic nitrogens is 1. The van der Waals surface area contributed by atoms with Crippen molar-refractivity contribution in [1.29, 1.82) is 0 Å². The summed E-state index contributed by atoms with van der Waals surface area (Å²) in [4.78, 5) is 26.3. The predicted octanol–water partition coefficient (Wildman–Crippen LogP) is 2.42. The monoisotopic (exact) mass is 257 g/mol. The Hall–Kier alpha value is -2.89. The normalized spacial score (nSPS) is 9.68. The fourth-order valence-electron chi connectivity index (χ4n) is 1.46. The first kappa shape index (κ1) is 12.6. The Kier molecular flexibility index (Phi) is 3.72. The summed E-state index contributed by atoms with van der Waals surface area (Å²) in [5.74, 6) is -1.05. The second-order valence-electron chi connectivity index (χ2n) is 3.71. The fraction of sp³-hybridized carbons (Fsp3) is 0. The average Bonchev–Trinajstić information content (AvgIpc) is 2.40. The van der Waals surface area contributed by atoms with Crippen LogP contribution in [0.4, 0.5) is 16.2 Å². The number of hydrogen-bond donors (Lipinski definition) is 3. The number of amides is 2. The van der Waals surface area contributed by atoms with Crippen molar-refractivity contribution < 1.29 is 14.7 Å². The van der Waals surface area contributed by atoms with E-state index in [1.807, 2.05) is 0 Å². The molecule has 0 atom stereocenters. The molecular formula is C13H11N3O3. The van der Waals surface area contributed by atoms with Crippen molar-refractivity contribution in [3.63, 3.8) is 0 Å². The van der Waals surface area contributed by atoms with Crippen LogP contribution in [-0.4, -0.2) is 22.1 Å². The summed E-state index contributed by atoms with van der Waals surface area (Å²) in [6, 6.07) is 8.92. The molecule has 19 heavy (non-hydrogen) atoms. The molecule has 2 rings (SSSR count). The van der Waals surface area contributed by atoms with Gasteiger partial charge in [-0.3, -0.25) is 4.98 Å². The summed E-state index contributed by atoms with van der Waals surface area (Å²) in [5, 5.41) is 14.0. The van der Waals surface area contributed by atoms with E-state index in [1.54, 1.807) is 30.5 Å². The molecule has 1 aromatic heterocycles. The molecule has 1 heterocycles. The molecule has 2 aromatic rings. The number of urea groups is 1. The van der Waals surface area contributed by atoms with Crippen LogP contribution >= 0.6 is 0 Å². The van der Waals surface area contributed by atoms with Crippen molar-refractivity contribution in [3.8, 4) is 0 Å². The highest BCUT2D eigenvalue weighted by Gasteiger charge is 2.06. The van der Waals surface area contributed by atoms with E-state index in [0.717, 1.165) is 0 Å². The van der Waals surface area contributed by atoms with Gasteiger partial charge in [0, 0.05) is 11.9 Å². The highest BCUT2D eigenvalue weighted by Crippen LogP contribution is 2.11. The number of aromatic carboxylic acids is 1. The molecule has 3 N–H and O–H groups in total. The summed E-state index contributed by atoms with van der Waals surface area (Å²) in [6.07, 6.45) is 3.10. The lowest BCUT2D eigenvalue weighted by Gasteiger charge is -2.07. The van der Waals surface area contributed by atoms with Gasteiger partial charge in [0.1, 0.15) is 0 Å². The van der Waals surface area contributed by atoms with E-state index in [1.165, 1.54) is 18.3 Å². The number of carbonyl (C=O) groups is 2. The van der Waals surface area contributed by atoms with Crippen molar-refractivity contribution in [2.24, 2.45) is 0 Å². The number of nitrogens with zero attached hydrogens (tertiary/aromatic N) is 1. The number of nitrogens with one attached hydrogen (secondary N) is 2. The minimum Gasteiger partial charge on any atom is -0.478 e. The Morgan fingerprint density at radius 3 is 2.47 bits per heavy atom. The van der Waals surface area contributed by atoms with Gasteiger partial charge >= 0.3 is 12.0 Å². The molecule has 0 bridgehead atoms. The van der Waals surface area contributed by atoms with Crippen LogP contribution in [0.5, 0.6) is 0 Å². The topological polar surface area (TPSA) is 91.3 Å². The Labute approximate surface area is 109 Å². The zero-order valence-corrected chi connectivity index (χ0v) is 9.83.